The number of oxime groups is 1. The van der Waals surface area contributed by atoms with E-state index in [-0.39, 0.29) is 29.1 Å². The summed E-state index contributed by atoms with van der Waals surface area (Å²) in [7, 11) is 0. The van der Waals surface area contributed by atoms with E-state index in [1.54, 1.807) is 19.9 Å². The molecular weight excluding hydrogens is 479 g/mol. The first-order valence-corrected chi connectivity index (χ1v) is 10.9. The van der Waals surface area contributed by atoms with Crippen LogP contribution < -0.4 is 5.32 Å². The number of rotatable bonds is 6. The minimum Gasteiger partial charge on any atom is -0.393 e. The summed E-state index contributed by atoms with van der Waals surface area (Å²) in [5.41, 5.74) is 0.185. The predicted molar refractivity (Wildman–Crippen MR) is 128 cm³/mol. The highest BCUT2D eigenvalue weighted by molar-refractivity contribution is 6.34. The summed E-state index contributed by atoms with van der Waals surface area (Å²) in [4.78, 5) is 22.2. The number of carbonyl (C=O) groups is 1. The SMILES string of the molecule is CC(C)ON=C(CNC(=O)c1ccccc1C(F)(F)F)c1ncc(C#Cc2ccccc2)cc1Cl. The molecule has 9 heteroatoms. The van der Waals surface area contributed by atoms with Crippen molar-refractivity contribution in [2.75, 3.05) is 6.54 Å². The number of hydrogen-bond acceptors (Lipinski definition) is 4. The molecular formula is C26H21ClF3N3O2. The molecule has 0 spiro atoms. The minimum absolute atomic E-state index is 0.143. The Bertz CT molecular complexity index is 1280. The molecule has 3 aromatic rings. The fourth-order valence-electron chi connectivity index (χ4n) is 2.90. The summed E-state index contributed by atoms with van der Waals surface area (Å²) in [6.45, 7) is 3.23. The van der Waals surface area contributed by atoms with Gasteiger partial charge in [0, 0.05) is 17.3 Å². The summed E-state index contributed by atoms with van der Waals surface area (Å²) in [5, 5.41) is 6.65. The van der Waals surface area contributed by atoms with E-state index >= 15 is 0 Å². The normalized spacial score (nSPS) is 11.6. The Labute approximate surface area is 206 Å². The lowest BCUT2D eigenvalue weighted by Gasteiger charge is -2.14. The highest BCUT2D eigenvalue weighted by atomic mass is 35.5. The number of aromatic nitrogens is 1. The highest BCUT2D eigenvalue weighted by Crippen LogP contribution is 2.31. The molecule has 0 unspecified atom stereocenters. The molecule has 3 rings (SSSR count). The van der Waals surface area contributed by atoms with Crippen molar-refractivity contribution in [2.24, 2.45) is 5.16 Å². The third-order valence-corrected chi connectivity index (χ3v) is 4.79. The maximum Gasteiger partial charge on any atom is 0.417 e. The minimum atomic E-state index is -4.67. The lowest BCUT2D eigenvalue weighted by Crippen LogP contribution is -2.32. The van der Waals surface area contributed by atoms with Crippen molar-refractivity contribution in [3.63, 3.8) is 0 Å². The van der Waals surface area contributed by atoms with E-state index in [2.05, 4.69) is 27.3 Å². The van der Waals surface area contributed by atoms with Gasteiger partial charge in [-0.25, -0.2) is 0 Å². The van der Waals surface area contributed by atoms with Crippen molar-refractivity contribution >= 4 is 23.2 Å². The topological polar surface area (TPSA) is 63.6 Å². The largest absolute Gasteiger partial charge is 0.417 e. The molecule has 5 nitrogen and oxygen atoms in total. The van der Waals surface area contributed by atoms with Crippen LogP contribution in [0.1, 0.15) is 46.6 Å². The molecule has 1 heterocycles. The summed E-state index contributed by atoms with van der Waals surface area (Å²) >= 11 is 6.41. The molecule has 1 aromatic heterocycles. The van der Waals surface area contributed by atoms with E-state index in [1.165, 1.54) is 18.3 Å². The summed E-state index contributed by atoms with van der Waals surface area (Å²) in [6.07, 6.45) is -3.47. The smallest absolute Gasteiger partial charge is 0.393 e. The van der Waals surface area contributed by atoms with Crippen LogP contribution in [0, 0.1) is 11.8 Å². The maximum absolute atomic E-state index is 13.3. The van der Waals surface area contributed by atoms with Crippen LogP contribution in [0.2, 0.25) is 5.02 Å². The van der Waals surface area contributed by atoms with Crippen molar-refractivity contribution in [1.29, 1.82) is 0 Å². The second-order valence-corrected chi connectivity index (χ2v) is 8.00. The number of carbonyl (C=O) groups excluding carboxylic acids is 1. The molecule has 35 heavy (non-hydrogen) atoms. The zero-order valence-electron chi connectivity index (χ0n) is 18.9. The van der Waals surface area contributed by atoms with Gasteiger partial charge in [0.1, 0.15) is 17.5 Å². The Morgan fingerprint density at radius 3 is 2.40 bits per heavy atom. The number of benzene rings is 2. The summed E-state index contributed by atoms with van der Waals surface area (Å²) < 4.78 is 39.8. The standard InChI is InChI=1S/C26H21ClF3N3O2/c1-17(2)35-33-23(16-32-25(34)20-10-6-7-11-21(20)26(28,29)30)24-22(27)14-19(15-31-24)13-12-18-8-4-3-5-9-18/h3-11,14-15,17H,16H2,1-2H3,(H,32,34). The number of alkyl halides is 3. The van der Waals surface area contributed by atoms with E-state index in [0.29, 0.717) is 5.56 Å². The molecule has 1 N–H and O–H groups in total. The van der Waals surface area contributed by atoms with Crippen LogP contribution in [0.15, 0.2) is 72.0 Å². The van der Waals surface area contributed by atoms with Gasteiger partial charge >= 0.3 is 6.18 Å². The molecule has 2 aromatic carbocycles. The van der Waals surface area contributed by atoms with E-state index in [1.807, 2.05) is 30.3 Å². The van der Waals surface area contributed by atoms with E-state index < -0.39 is 23.2 Å². The summed E-state index contributed by atoms with van der Waals surface area (Å²) in [6, 6.07) is 15.5. The Morgan fingerprint density at radius 2 is 1.74 bits per heavy atom. The van der Waals surface area contributed by atoms with Crippen LogP contribution in [0.4, 0.5) is 13.2 Å². The molecule has 0 bridgehead atoms. The molecule has 1 amide bonds. The van der Waals surface area contributed by atoms with Crippen molar-refractivity contribution in [1.82, 2.24) is 10.3 Å². The number of halogens is 4. The lowest BCUT2D eigenvalue weighted by atomic mass is 10.1. The van der Waals surface area contributed by atoms with Crippen LogP contribution in [0.25, 0.3) is 0 Å². The Kier molecular flexibility index (Phi) is 8.50. The second-order valence-electron chi connectivity index (χ2n) is 7.59. The second kappa shape index (κ2) is 11.5. The number of nitrogens with one attached hydrogen (secondary N) is 1. The van der Waals surface area contributed by atoms with E-state index in [0.717, 1.165) is 17.7 Å². The van der Waals surface area contributed by atoms with Crippen LogP contribution >= 0.6 is 11.6 Å². The van der Waals surface area contributed by atoms with Gasteiger partial charge in [-0.3, -0.25) is 9.78 Å². The van der Waals surface area contributed by atoms with Crippen LogP contribution in [-0.2, 0) is 11.0 Å². The third-order valence-electron chi connectivity index (χ3n) is 4.51. The number of pyridine rings is 1. The molecule has 180 valence electrons. The monoisotopic (exact) mass is 499 g/mol. The summed E-state index contributed by atoms with van der Waals surface area (Å²) in [5.74, 6) is 5.05. The molecule has 0 fully saturated rings. The predicted octanol–water partition coefficient (Wildman–Crippen LogP) is 5.71. The van der Waals surface area contributed by atoms with Gasteiger partial charge in [0.15, 0.2) is 0 Å². The lowest BCUT2D eigenvalue weighted by molar-refractivity contribution is -0.137. The average molecular weight is 500 g/mol. The molecule has 0 atom stereocenters. The van der Waals surface area contributed by atoms with Gasteiger partial charge in [-0.1, -0.05) is 58.9 Å². The van der Waals surface area contributed by atoms with Crippen molar-refractivity contribution in [3.05, 3.63) is 99.8 Å². The van der Waals surface area contributed by atoms with Gasteiger partial charge in [-0.05, 0) is 44.2 Å². The van der Waals surface area contributed by atoms with E-state index in [4.69, 9.17) is 16.4 Å². The first kappa shape index (κ1) is 25.8. The van der Waals surface area contributed by atoms with Gasteiger partial charge in [0.05, 0.1) is 22.7 Å². The number of hydrogen-bond donors (Lipinski definition) is 1. The fraction of sp³-hybridized carbons (Fsp3) is 0.192. The average Bonchev–Trinajstić information content (AvgIpc) is 2.83. The van der Waals surface area contributed by atoms with Crippen LogP contribution in [0.5, 0.6) is 0 Å². The third kappa shape index (κ3) is 7.33. The Morgan fingerprint density at radius 1 is 1.09 bits per heavy atom. The fourth-order valence-corrected chi connectivity index (χ4v) is 3.18. The van der Waals surface area contributed by atoms with Crippen molar-refractivity contribution in [3.8, 4) is 11.8 Å². The molecule has 0 saturated carbocycles. The first-order valence-electron chi connectivity index (χ1n) is 10.5. The van der Waals surface area contributed by atoms with Gasteiger partial charge in [-0.2, -0.15) is 13.2 Å². The number of nitrogens with zero attached hydrogens (tertiary/aromatic N) is 2. The van der Waals surface area contributed by atoms with Gasteiger partial charge in [0.2, 0.25) is 0 Å². The zero-order valence-corrected chi connectivity index (χ0v) is 19.6. The first-order chi connectivity index (χ1) is 16.6. The van der Waals surface area contributed by atoms with Gasteiger partial charge < -0.3 is 10.2 Å². The molecule has 0 aliphatic rings. The Hall–Kier alpha value is -3.83. The van der Waals surface area contributed by atoms with Crippen LogP contribution in [0.3, 0.4) is 0 Å². The van der Waals surface area contributed by atoms with Gasteiger partial charge in [-0.15, -0.1) is 0 Å². The van der Waals surface area contributed by atoms with E-state index in [9.17, 15) is 18.0 Å². The molecule has 0 saturated heterocycles. The zero-order chi connectivity index (χ0) is 25.4. The van der Waals surface area contributed by atoms with Crippen molar-refractivity contribution in [2.45, 2.75) is 26.1 Å². The number of amides is 1. The van der Waals surface area contributed by atoms with Crippen molar-refractivity contribution < 1.29 is 22.8 Å². The van der Waals surface area contributed by atoms with Crippen LogP contribution in [-0.4, -0.2) is 29.3 Å². The Balaban J connectivity index is 1.83. The molecule has 0 aliphatic heterocycles. The quantitative estimate of drug-likeness (QED) is 0.268. The maximum atomic E-state index is 13.3. The molecule has 0 radical (unpaired) electrons. The highest BCUT2D eigenvalue weighted by Gasteiger charge is 2.34. The van der Waals surface area contributed by atoms with Gasteiger partial charge in [0.25, 0.3) is 5.91 Å². The molecule has 0 aliphatic carbocycles.